The largest absolute Gasteiger partial charge is 0.508 e. The molecule has 1 unspecified atom stereocenters. The number of para-hydroxylation sites is 1. The Morgan fingerprint density at radius 2 is 2.00 bits per heavy atom. The molecule has 1 aromatic rings. The van der Waals surface area contributed by atoms with Crippen molar-refractivity contribution in [2.45, 2.75) is 57.0 Å². The third-order valence-corrected chi connectivity index (χ3v) is 5.44. The maximum Gasteiger partial charge on any atom is 0.120 e. The number of benzene rings is 1. The standard InChI is InChI=1S/C18H28N2O/c1-2-16(15-8-4-5-9-17(15)21)20-13-12-19-14-18(20)10-6-3-7-11-18/h4-5,8-9,16,19,21H,2-3,6-7,10-14H2,1H3. The van der Waals surface area contributed by atoms with Crippen LogP contribution in [0.15, 0.2) is 24.3 Å². The van der Waals surface area contributed by atoms with Gasteiger partial charge in [-0.05, 0) is 25.3 Å². The molecule has 3 rings (SSSR count). The molecule has 0 aromatic heterocycles. The van der Waals surface area contributed by atoms with E-state index in [2.05, 4.69) is 23.2 Å². The van der Waals surface area contributed by atoms with Crippen molar-refractivity contribution in [1.82, 2.24) is 10.2 Å². The van der Waals surface area contributed by atoms with Crippen LogP contribution in [0.2, 0.25) is 0 Å². The lowest BCUT2D eigenvalue weighted by Crippen LogP contribution is -2.62. The van der Waals surface area contributed by atoms with E-state index in [1.165, 1.54) is 32.1 Å². The summed E-state index contributed by atoms with van der Waals surface area (Å²) >= 11 is 0. The molecular formula is C18H28N2O. The highest BCUT2D eigenvalue weighted by Crippen LogP contribution is 2.42. The molecule has 3 heteroatoms. The average Bonchev–Trinajstić information content (AvgIpc) is 2.52. The molecule has 1 spiro atoms. The molecule has 0 radical (unpaired) electrons. The Bertz CT molecular complexity index is 460. The van der Waals surface area contributed by atoms with Crippen molar-refractivity contribution >= 4 is 0 Å². The minimum Gasteiger partial charge on any atom is -0.508 e. The number of rotatable bonds is 3. The van der Waals surface area contributed by atoms with Crippen molar-refractivity contribution in [3.05, 3.63) is 29.8 Å². The Kier molecular flexibility index (Phi) is 4.51. The first-order chi connectivity index (χ1) is 10.3. The van der Waals surface area contributed by atoms with Gasteiger partial charge in [0.25, 0.3) is 0 Å². The first-order valence-corrected chi connectivity index (χ1v) is 8.52. The van der Waals surface area contributed by atoms with Crippen LogP contribution in [0.4, 0.5) is 0 Å². The van der Waals surface area contributed by atoms with Gasteiger partial charge in [-0.2, -0.15) is 0 Å². The van der Waals surface area contributed by atoms with Gasteiger partial charge in [-0.25, -0.2) is 0 Å². The summed E-state index contributed by atoms with van der Waals surface area (Å²) in [7, 11) is 0. The van der Waals surface area contributed by atoms with E-state index >= 15 is 0 Å². The van der Waals surface area contributed by atoms with E-state index in [9.17, 15) is 5.11 Å². The van der Waals surface area contributed by atoms with Crippen LogP contribution in [0.25, 0.3) is 0 Å². The average molecular weight is 288 g/mol. The van der Waals surface area contributed by atoms with E-state index < -0.39 is 0 Å². The fourth-order valence-corrected chi connectivity index (χ4v) is 4.40. The highest BCUT2D eigenvalue weighted by atomic mass is 16.3. The zero-order valence-electron chi connectivity index (χ0n) is 13.1. The zero-order chi connectivity index (χ0) is 14.7. The molecule has 116 valence electrons. The van der Waals surface area contributed by atoms with Crippen LogP contribution in [-0.4, -0.2) is 35.2 Å². The Balaban J connectivity index is 1.92. The summed E-state index contributed by atoms with van der Waals surface area (Å²) < 4.78 is 0. The Hall–Kier alpha value is -1.06. The topological polar surface area (TPSA) is 35.5 Å². The summed E-state index contributed by atoms with van der Waals surface area (Å²) in [5, 5.41) is 13.9. The molecule has 2 aliphatic rings. The number of hydrogen-bond acceptors (Lipinski definition) is 3. The van der Waals surface area contributed by atoms with Crippen molar-refractivity contribution in [1.29, 1.82) is 0 Å². The smallest absolute Gasteiger partial charge is 0.120 e. The monoisotopic (exact) mass is 288 g/mol. The quantitative estimate of drug-likeness (QED) is 0.894. The van der Waals surface area contributed by atoms with Gasteiger partial charge in [-0.1, -0.05) is 44.4 Å². The number of nitrogens with zero attached hydrogens (tertiary/aromatic N) is 1. The van der Waals surface area contributed by atoms with Crippen LogP contribution in [0, 0.1) is 0 Å². The molecule has 21 heavy (non-hydrogen) atoms. The van der Waals surface area contributed by atoms with Gasteiger partial charge in [-0.3, -0.25) is 4.90 Å². The van der Waals surface area contributed by atoms with Gasteiger partial charge in [-0.15, -0.1) is 0 Å². The number of aromatic hydroxyl groups is 1. The van der Waals surface area contributed by atoms with E-state index in [1.807, 2.05) is 18.2 Å². The summed E-state index contributed by atoms with van der Waals surface area (Å²) in [6.45, 7) is 5.51. The van der Waals surface area contributed by atoms with Gasteiger partial charge in [0.2, 0.25) is 0 Å². The zero-order valence-corrected chi connectivity index (χ0v) is 13.1. The lowest BCUT2D eigenvalue weighted by molar-refractivity contribution is -0.0104. The number of piperazine rings is 1. The van der Waals surface area contributed by atoms with E-state index in [0.717, 1.165) is 31.6 Å². The summed E-state index contributed by atoms with van der Waals surface area (Å²) in [5.74, 6) is 0.453. The third-order valence-electron chi connectivity index (χ3n) is 5.44. The maximum absolute atomic E-state index is 10.3. The molecule has 1 saturated carbocycles. The molecule has 1 aromatic carbocycles. The summed E-state index contributed by atoms with van der Waals surface area (Å²) in [4.78, 5) is 2.71. The molecule has 3 nitrogen and oxygen atoms in total. The molecule has 1 heterocycles. The lowest BCUT2D eigenvalue weighted by Gasteiger charge is -2.53. The molecule has 2 fully saturated rings. The van der Waals surface area contributed by atoms with Gasteiger partial charge in [0.05, 0.1) is 0 Å². The second-order valence-corrected chi connectivity index (χ2v) is 6.64. The minimum absolute atomic E-state index is 0.305. The highest BCUT2D eigenvalue weighted by molar-refractivity contribution is 5.35. The molecule has 0 bridgehead atoms. The molecule has 1 aliphatic heterocycles. The summed E-state index contributed by atoms with van der Waals surface area (Å²) in [6, 6.07) is 8.23. The van der Waals surface area contributed by atoms with Crippen LogP contribution >= 0.6 is 0 Å². The predicted molar refractivity (Wildman–Crippen MR) is 86.5 cm³/mol. The number of nitrogens with one attached hydrogen (secondary N) is 1. The number of phenols is 1. The number of phenolic OH excluding ortho intramolecular Hbond substituents is 1. The van der Waals surface area contributed by atoms with Crippen LogP contribution in [0.1, 0.15) is 57.1 Å². The van der Waals surface area contributed by atoms with Crippen molar-refractivity contribution in [3.8, 4) is 5.75 Å². The molecular weight excluding hydrogens is 260 g/mol. The highest BCUT2D eigenvalue weighted by Gasteiger charge is 2.43. The van der Waals surface area contributed by atoms with Gasteiger partial charge in [0.1, 0.15) is 5.75 Å². The van der Waals surface area contributed by atoms with Crippen molar-refractivity contribution in [2.24, 2.45) is 0 Å². The van der Waals surface area contributed by atoms with Gasteiger partial charge < -0.3 is 10.4 Å². The second kappa shape index (κ2) is 6.37. The first-order valence-electron chi connectivity index (χ1n) is 8.52. The van der Waals surface area contributed by atoms with Crippen molar-refractivity contribution in [3.63, 3.8) is 0 Å². The van der Waals surface area contributed by atoms with Gasteiger partial charge >= 0.3 is 0 Å². The Labute approximate surface area is 128 Å². The Morgan fingerprint density at radius 3 is 2.71 bits per heavy atom. The van der Waals surface area contributed by atoms with Gasteiger partial charge in [0.15, 0.2) is 0 Å². The molecule has 0 amide bonds. The molecule has 2 N–H and O–H groups in total. The van der Waals surface area contributed by atoms with E-state index in [4.69, 9.17) is 0 Å². The fourth-order valence-electron chi connectivity index (χ4n) is 4.40. The predicted octanol–water partition coefficient (Wildman–Crippen LogP) is 3.45. The third kappa shape index (κ3) is 2.82. The van der Waals surface area contributed by atoms with E-state index in [1.54, 1.807) is 0 Å². The molecule has 1 atom stereocenters. The second-order valence-electron chi connectivity index (χ2n) is 6.64. The van der Waals surface area contributed by atoms with Crippen molar-refractivity contribution in [2.75, 3.05) is 19.6 Å². The number of hydrogen-bond donors (Lipinski definition) is 2. The SMILES string of the molecule is CCC(c1ccccc1O)N1CCNCC12CCCCC2. The molecule has 1 saturated heterocycles. The van der Waals surface area contributed by atoms with Crippen LogP contribution in [-0.2, 0) is 0 Å². The summed E-state index contributed by atoms with van der Waals surface area (Å²) in [6.07, 6.45) is 7.71. The first kappa shape index (κ1) is 14.9. The lowest BCUT2D eigenvalue weighted by atomic mass is 9.77. The van der Waals surface area contributed by atoms with Gasteiger partial charge in [0, 0.05) is 36.8 Å². The van der Waals surface area contributed by atoms with E-state index in [0.29, 0.717) is 17.3 Å². The fraction of sp³-hybridized carbons (Fsp3) is 0.667. The van der Waals surface area contributed by atoms with Crippen LogP contribution in [0.3, 0.4) is 0 Å². The maximum atomic E-state index is 10.3. The molecule has 1 aliphatic carbocycles. The summed E-state index contributed by atoms with van der Waals surface area (Å²) in [5.41, 5.74) is 1.41. The van der Waals surface area contributed by atoms with Crippen LogP contribution in [0.5, 0.6) is 5.75 Å². The minimum atomic E-state index is 0.305. The Morgan fingerprint density at radius 1 is 1.24 bits per heavy atom. The van der Waals surface area contributed by atoms with Crippen molar-refractivity contribution < 1.29 is 5.11 Å². The van der Waals surface area contributed by atoms with E-state index in [-0.39, 0.29) is 0 Å². The normalized spacial score (nSPS) is 24.0. The van der Waals surface area contributed by atoms with Crippen LogP contribution < -0.4 is 5.32 Å².